The van der Waals surface area contributed by atoms with Crippen molar-refractivity contribution in [3.05, 3.63) is 53.8 Å². The number of para-hydroxylation sites is 1. The molecule has 26 heavy (non-hydrogen) atoms. The van der Waals surface area contributed by atoms with Crippen LogP contribution in [-0.4, -0.2) is 32.1 Å². The van der Waals surface area contributed by atoms with Crippen LogP contribution >= 0.6 is 12.4 Å². The van der Waals surface area contributed by atoms with E-state index in [4.69, 9.17) is 9.47 Å². The van der Waals surface area contributed by atoms with Crippen LogP contribution in [0.1, 0.15) is 23.2 Å². The molecule has 0 radical (unpaired) electrons. The van der Waals surface area contributed by atoms with Crippen LogP contribution in [0.5, 0.6) is 11.5 Å². The number of hydrogen-bond acceptors (Lipinski definition) is 4. The molecule has 0 aliphatic carbocycles. The third kappa shape index (κ3) is 3.78. The predicted octanol–water partition coefficient (Wildman–Crippen LogP) is 4.12. The Morgan fingerprint density at radius 1 is 1.12 bits per heavy atom. The van der Waals surface area contributed by atoms with E-state index in [1.807, 2.05) is 18.2 Å². The molecular weight excluding hydrogens is 357 g/mol. The van der Waals surface area contributed by atoms with Gasteiger partial charge < -0.3 is 14.4 Å². The van der Waals surface area contributed by atoms with Crippen LogP contribution in [0.4, 0.5) is 10.1 Å². The van der Waals surface area contributed by atoms with Crippen LogP contribution in [0, 0.1) is 11.7 Å². The van der Waals surface area contributed by atoms with Gasteiger partial charge in [0, 0.05) is 25.1 Å². The van der Waals surface area contributed by atoms with Crippen molar-refractivity contribution in [3.8, 4) is 11.5 Å². The Morgan fingerprint density at radius 3 is 2.69 bits per heavy atom. The number of ketones is 1. The first-order chi connectivity index (χ1) is 12.2. The van der Waals surface area contributed by atoms with Gasteiger partial charge in [-0.15, -0.1) is 12.4 Å². The predicted molar refractivity (Wildman–Crippen MR) is 100 cm³/mol. The maximum Gasteiger partial charge on any atom is 0.184 e. The normalized spacial score (nSPS) is 18.3. The van der Waals surface area contributed by atoms with E-state index in [0.29, 0.717) is 25.2 Å². The van der Waals surface area contributed by atoms with Crippen LogP contribution < -0.4 is 14.4 Å². The highest BCUT2D eigenvalue weighted by Crippen LogP contribution is 2.41. The van der Waals surface area contributed by atoms with Gasteiger partial charge in [-0.1, -0.05) is 6.07 Å². The van der Waals surface area contributed by atoms with Crippen LogP contribution in [0.2, 0.25) is 0 Å². The number of nitrogens with zero attached hydrogens (tertiary/aromatic N) is 1. The number of Topliss-reactive ketones (excluding diaryl/α,β-unsaturated/α-hetero) is 1. The number of carbonyl (C=O) groups excluding carboxylic acids is 1. The van der Waals surface area contributed by atoms with Crippen molar-refractivity contribution in [2.75, 3.05) is 31.2 Å². The van der Waals surface area contributed by atoms with Gasteiger partial charge in [-0.05, 0) is 48.7 Å². The first-order valence-electron chi connectivity index (χ1n) is 8.63. The third-order valence-electron chi connectivity index (χ3n) is 4.81. The zero-order valence-corrected chi connectivity index (χ0v) is 15.1. The highest BCUT2D eigenvalue weighted by molar-refractivity contribution is 5.96. The minimum Gasteiger partial charge on any atom is -0.486 e. The Kier molecular flexibility index (Phi) is 5.67. The van der Waals surface area contributed by atoms with Crippen LogP contribution in [0.3, 0.4) is 0 Å². The molecule has 2 aliphatic rings. The number of anilines is 1. The average Bonchev–Trinajstić information content (AvgIpc) is 3.10. The smallest absolute Gasteiger partial charge is 0.184 e. The van der Waals surface area contributed by atoms with Gasteiger partial charge in [0.1, 0.15) is 19.0 Å². The molecule has 6 heteroatoms. The molecule has 0 N–H and O–H groups in total. The summed E-state index contributed by atoms with van der Waals surface area (Å²) in [6.07, 6.45) is 1.44. The summed E-state index contributed by atoms with van der Waals surface area (Å²) in [5, 5.41) is 0. The summed E-state index contributed by atoms with van der Waals surface area (Å²) in [5.41, 5.74) is 1.61. The van der Waals surface area contributed by atoms with Crippen LogP contribution in [0.15, 0.2) is 42.5 Å². The summed E-state index contributed by atoms with van der Waals surface area (Å²) in [6.45, 7) is 2.84. The summed E-state index contributed by atoms with van der Waals surface area (Å²) in [7, 11) is 0. The molecule has 1 saturated heterocycles. The molecule has 138 valence electrons. The number of benzene rings is 2. The summed E-state index contributed by atoms with van der Waals surface area (Å²) >= 11 is 0. The molecule has 2 heterocycles. The largest absolute Gasteiger partial charge is 0.486 e. The molecule has 2 aromatic carbocycles. The Hall–Kier alpha value is -2.27. The van der Waals surface area contributed by atoms with Gasteiger partial charge >= 0.3 is 0 Å². The molecule has 0 saturated carbocycles. The fourth-order valence-corrected chi connectivity index (χ4v) is 3.54. The van der Waals surface area contributed by atoms with Gasteiger partial charge in [0.15, 0.2) is 17.3 Å². The lowest BCUT2D eigenvalue weighted by Crippen LogP contribution is -2.23. The summed E-state index contributed by atoms with van der Waals surface area (Å²) < 4.78 is 24.4. The molecule has 0 amide bonds. The Morgan fingerprint density at radius 2 is 1.88 bits per heavy atom. The Balaban J connectivity index is 0.00000196. The maximum absolute atomic E-state index is 13.0. The minimum atomic E-state index is -0.320. The van der Waals surface area contributed by atoms with E-state index in [1.54, 1.807) is 12.1 Å². The van der Waals surface area contributed by atoms with E-state index in [9.17, 15) is 9.18 Å². The van der Waals surface area contributed by atoms with Gasteiger partial charge in [0.25, 0.3) is 0 Å². The van der Waals surface area contributed by atoms with Crippen molar-refractivity contribution in [3.63, 3.8) is 0 Å². The average molecular weight is 378 g/mol. The number of rotatable bonds is 4. The lowest BCUT2D eigenvalue weighted by molar-refractivity contribution is 0.0965. The van der Waals surface area contributed by atoms with E-state index in [-0.39, 0.29) is 29.9 Å². The van der Waals surface area contributed by atoms with Crippen molar-refractivity contribution in [1.29, 1.82) is 0 Å². The molecule has 1 atom stereocenters. The summed E-state index contributed by atoms with van der Waals surface area (Å²) in [5.74, 6) is 1.63. The van der Waals surface area contributed by atoms with Crippen molar-refractivity contribution < 1.29 is 18.7 Å². The lowest BCUT2D eigenvalue weighted by Gasteiger charge is -2.26. The second-order valence-corrected chi connectivity index (χ2v) is 6.54. The zero-order valence-electron chi connectivity index (χ0n) is 14.3. The standard InChI is InChI=1S/C20H20FNO3.ClH/c21-16-6-4-15(5-7-16)18(23)12-14-8-9-22(13-14)17-2-1-3-19-20(17)25-11-10-24-19;/h1-7,14H,8-13H2;1H. The molecule has 0 spiro atoms. The number of fused-ring (bicyclic) bond motifs is 1. The molecule has 4 nitrogen and oxygen atoms in total. The van der Waals surface area contributed by atoms with E-state index in [0.717, 1.165) is 36.7 Å². The molecule has 0 aromatic heterocycles. The molecule has 1 fully saturated rings. The monoisotopic (exact) mass is 377 g/mol. The molecule has 4 rings (SSSR count). The van der Waals surface area contributed by atoms with Crippen LogP contribution in [0.25, 0.3) is 0 Å². The third-order valence-corrected chi connectivity index (χ3v) is 4.81. The van der Waals surface area contributed by atoms with Gasteiger partial charge in [0.05, 0.1) is 5.69 Å². The highest BCUT2D eigenvalue weighted by atomic mass is 35.5. The summed E-state index contributed by atoms with van der Waals surface area (Å²) in [4.78, 5) is 14.7. The maximum atomic E-state index is 13.0. The number of hydrogen-bond donors (Lipinski definition) is 0. The fraction of sp³-hybridized carbons (Fsp3) is 0.350. The van der Waals surface area contributed by atoms with E-state index >= 15 is 0 Å². The molecule has 2 aliphatic heterocycles. The number of carbonyl (C=O) groups is 1. The van der Waals surface area contributed by atoms with Gasteiger partial charge in [0.2, 0.25) is 0 Å². The Labute approximate surface area is 158 Å². The van der Waals surface area contributed by atoms with E-state index in [2.05, 4.69) is 4.90 Å². The second-order valence-electron chi connectivity index (χ2n) is 6.54. The molecule has 1 unspecified atom stereocenters. The molecular formula is C20H21ClFNO3. The van der Waals surface area contributed by atoms with Gasteiger partial charge in [-0.3, -0.25) is 4.79 Å². The van der Waals surface area contributed by atoms with Gasteiger partial charge in [-0.2, -0.15) is 0 Å². The Bertz CT molecular complexity index is 781. The molecule has 0 bridgehead atoms. The van der Waals surface area contributed by atoms with E-state index < -0.39 is 0 Å². The highest BCUT2D eigenvalue weighted by Gasteiger charge is 2.28. The van der Waals surface area contributed by atoms with Crippen molar-refractivity contribution in [2.24, 2.45) is 5.92 Å². The number of ether oxygens (including phenoxy) is 2. The topological polar surface area (TPSA) is 38.8 Å². The quantitative estimate of drug-likeness (QED) is 0.751. The van der Waals surface area contributed by atoms with Crippen molar-refractivity contribution in [1.82, 2.24) is 0 Å². The van der Waals surface area contributed by atoms with E-state index in [1.165, 1.54) is 12.1 Å². The SMILES string of the molecule is Cl.O=C(CC1CCN(c2cccc3c2OCCO3)C1)c1ccc(F)cc1. The first kappa shape index (κ1) is 18.5. The van der Waals surface area contributed by atoms with Gasteiger partial charge in [-0.25, -0.2) is 4.39 Å². The fourth-order valence-electron chi connectivity index (χ4n) is 3.54. The summed E-state index contributed by atoms with van der Waals surface area (Å²) in [6, 6.07) is 11.7. The first-order valence-corrected chi connectivity index (χ1v) is 8.63. The minimum absolute atomic E-state index is 0. The van der Waals surface area contributed by atoms with Crippen molar-refractivity contribution in [2.45, 2.75) is 12.8 Å². The van der Waals surface area contributed by atoms with Crippen LogP contribution in [-0.2, 0) is 0 Å². The molecule has 2 aromatic rings. The lowest BCUT2D eigenvalue weighted by atomic mass is 9.97. The second kappa shape index (κ2) is 7.96. The van der Waals surface area contributed by atoms with Crippen molar-refractivity contribution >= 4 is 23.9 Å². The number of halogens is 2. The zero-order chi connectivity index (χ0) is 17.2.